The monoisotopic (exact) mass is 548 g/mol. The van der Waals surface area contributed by atoms with Crippen LogP contribution < -0.4 is 14.9 Å². The molecule has 0 amide bonds. The van der Waals surface area contributed by atoms with Crippen molar-refractivity contribution in [2.24, 2.45) is 4.99 Å². The first-order chi connectivity index (χ1) is 14.9. The summed E-state index contributed by atoms with van der Waals surface area (Å²) in [5, 5.41) is 0. The minimum Gasteiger partial charge on any atom is -0.463 e. The second-order valence-corrected chi connectivity index (χ2v) is 9.16. The molecule has 1 atom stereocenters. The number of nitrogens with zero attached hydrogens (tertiary/aromatic N) is 2. The number of esters is 1. The molecule has 0 unspecified atom stereocenters. The molecule has 1 aliphatic rings. The molecule has 0 aliphatic carbocycles. The van der Waals surface area contributed by atoms with Crippen molar-refractivity contribution in [3.05, 3.63) is 100 Å². The van der Waals surface area contributed by atoms with Crippen LogP contribution in [0.2, 0.25) is 0 Å². The Hall–Kier alpha value is -2.59. The van der Waals surface area contributed by atoms with E-state index in [-0.39, 0.29) is 17.7 Å². The normalized spacial score (nSPS) is 16.1. The van der Waals surface area contributed by atoms with Gasteiger partial charge in [-0.05, 0) is 77.9 Å². The number of allylic oxidation sites excluding steroid dienone is 1. The van der Waals surface area contributed by atoms with E-state index in [4.69, 9.17) is 4.74 Å². The maximum absolute atomic E-state index is 13.6. The molecule has 8 heteroatoms. The van der Waals surface area contributed by atoms with Gasteiger partial charge in [-0.15, -0.1) is 0 Å². The van der Waals surface area contributed by atoms with Crippen molar-refractivity contribution in [2.75, 3.05) is 6.61 Å². The van der Waals surface area contributed by atoms with Crippen molar-refractivity contribution in [3.63, 3.8) is 0 Å². The van der Waals surface area contributed by atoms with Crippen LogP contribution in [0, 0.1) is 9.39 Å². The topological polar surface area (TPSA) is 60.7 Å². The van der Waals surface area contributed by atoms with Gasteiger partial charge in [0.05, 0.1) is 28.5 Å². The Morgan fingerprint density at radius 3 is 2.71 bits per heavy atom. The van der Waals surface area contributed by atoms with E-state index in [1.54, 1.807) is 26.0 Å². The molecule has 0 saturated heterocycles. The van der Waals surface area contributed by atoms with Crippen LogP contribution in [0.4, 0.5) is 4.39 Å². The number of carbonyl (C=O) groups is 1. The SMILES string of the molecule is CCOC(=O)C1=C(C)N=c2s/c(=C/c3cccc(I)c3)c(=O)n2[C@H]1c1ccc(F)cc1. The lowest BCUT2D eigenvalue weighted by Crippen LogP contribution is -2.39. The predicted molar refractivity (Wildman–Crippen MR) is 126 cm³/mol. The number of ether oxygens (including phenoxy) is 1. The molecule has 0 N–H and O–H groups in total. The van der Waals surface area contributed by atoms with E-state index < -0.39 is 17.8 Å². The molecule has 158 valence electrons. The average molecular weight is 548 g/mol. The third-order valence-corrected chi connectivity index (χ3v) is 6.50. The maximum atomic E-state index is 13.6. The summed E-state index contributed by atoms with van der Waals surface area (Å²) in [6.45, 7) is 3.64. The van der Waals surface area contributed by atoms with Crippen molar-refractivity contribution < 1.29 is 13.9 Å². The molecule has 5 nitrogen and oxygen atoms in total. The summed E-state index contributed by atoms with van der Waals surface area (Å²) < 4.78 is 21.9. The van der Waals surface area contributed by atoms with Gasteiger partial charge in [0.15, 0.2) is 4.80 Å². The summed E-state index contributed by atoms with van der Waals surface area (Å²) in [6, 6.07) is 12.8. The van der Waals surface area contributed by atoms with Crippen LogP contribution in [0.25, 0.3) is 6.08 Å². The second kappa shape index (κ2) is 8.88. The highest BCUT2D eigenvalue weighted by molar-refractivity contribution is 14.1. The van der Waals surface area contributed by atoms with Crippen molar-refractivity contribution in [1.82, 2.24) is 4.57 Å². The first kappa shape index (κ1) is 21.6. The summed E-state index contributed by atoms with van der Waals surface area (Å²) >= 11 is 3.48. The molecular formula is C23H18FIN2O3S. The lowest BCUT2D eigenvalue weighted by atomic mass is 9.96. The van der Waals surface area contributed by atoms with Gasteiger partial charge in [0, 0.05) is 3.57 Å². The van der Waals surface area contributed by atoms with E-state index in [1.165, 1.54) is 28.0 Å². The number of fused-ring (bicyclic) bond motifs is 1. The van der Waals surface area contributed by atoms with E-state index in [1.807, 2.05) is 30.3 Å². The van der Waals surface area contributed by atoms with Gasteiger partial charge in [-0.1, -0.05) is 35.6 Å². The number of benzene rings is 2. The van der Waals surface area contributed by atoms with E-state index in [0.717, 1.165) is 9.13 Å². The standard InChI is InChI=1S/C23H18FIN2O3S/c1-3-30-22(29)19-13(2)26-23-27(20(19)15-7-9-16(24)10-8-15)21(28)18(31-23)12-14-5-4-6-17(25)11-14/h4-12,20H,3H2,1-2H3/b18-12+/t20-/m0/s1. The zero-order valence-electron chi connectivity index (χ0n) is 16.8. The Kier molecular flexibility index (Phi) is 6.19. The fourth-order valence-corrected chi connectivity index (χ4v) is 5.11. The third-order valence-electron chi connectivity index (χ3n) is 4.85. The van der Waals surface area contributed by atoms with Gasteiger partial charge in [0.2, 0.25) is 0 Å². The van der Waals surface area contributed by atoms with Crippen molar-refractivity contribution >= 4 is 46.0 Å². The molecule has 2 heterocycles. The molecule has 2 aromatic carbocycles. The smallest absolute Gasteiger partial charge is 0.338 e. The predicted octanol–water partition coefficient (Wildman–Crippen LogP) is 3.54. The number of hydrogen-bond donors (Lipinski definition) is 0. The Balaban J connectivity index is 1.96. The number of hydrogen-bond acceptors (Lipinski definition) is 5. The van der Waals surface area contributed by atoms with Crippen LogP contribution >= 0.6 is 33.9 Å². The zero-order valence-corrected chi connectivity index (χ0v) is 19.7. The molecule has 4 rings (SSSR count). The maximum Gasteiger partial charge on any atom is 0.338 e. The highest BCUT2D eigenvalue weighted by atomic mass is 127. The van der Waals surface area contributed by atoms with E-state index in [0.29, 0.717) is 20.6 Å². The van der Waals surface area contributed by atoms with Crippen molar-refractivity contribution in [3.8, 4) is 0 Å². The van der Waals surface area contributed by atoms with E-state index in [9.17, 15) is 14.0 Å². The third kappa shape index (κ3) is 4.27. The minimum absolute atomic E-state index is 0.197. The van der Waals surface area contributed by atoms with Crippen molar-refractivity contribution in [1.29, 1.82) is 0 Å². The highest BCUT2D eigenvalue weighted by Gasteiger charge is 2.33. The van der Waals surface area contributed by atoms with Gasteiger partial charge in [0.25, 0.3) is 5.56 Å². The van der Waals surface area contributed by atoms with Gasteiger partial charge in [0.1, 0.15) is 5.82 Å². The fraction of sp³-hybridized carbons (Fsp3) is 0.174. The Morgan fingerprint density at radius 1 is 1.29 bits per heavy atom. The molecule has 3 aromatic rings. The van der Waals surface area contributed by atoms with Gasteiger partial charge in [-0.25, -0.2) is 14.2 Å². The average Bonchev–Trinajstić information content (AvgIpc) is 3.02. The first-order valence-corrected chi connectivity index (χ1v) is 11.5. The second-order valence-electron chi connectivity index (χ2n) is 6.91. The summed E-state index contributed by atoms with van der Waals surface area (Å²) in [7, 11) is 0. The van der Waals surface area contributed by atoms with Crippen LogP contribution in [0.1, 0.15) is 31.0 Å². The highest BCUT2D eigenvalue weighted by Crippen LogP contribution is 2.30. The van der Waals surface area contributed by atoms with E-state index in [2.05, 4.69) is 27.6 Å². The Morgan fingerprint density at radius 2 is 2.03 bits per heavy atom. The van der Waals surface area contributed by atoms with Crippen LogP contribution in [-0.2, 0) is 9.53 Å². The molecule has 0 saturated carbocycles. The largest absolute Gasteiger partial charge is 0.463 e. The van der Waals surface area contributed by atoms with Crippen LogP contribution in [0.3, 0.4) is 0 Å². The fourth-order valence-electron chi connectivity index (χ4n) is 3.50. The quantitative estimate of drug-likeness (QED) is 0.371. The molecule has 0 fully saturated rings. The van der Waals surface area contributed by atoms with Gasteiger partial charge in [-0.3, -0.25) is 9.36 Å². The molecule has 0 bridgehead atoms. The van der Waals surface area contributed by atoms with E-state index >= 15 is 0 Å². The van der Waals surface area contributed by atoms with Gasteiger partial charge in [-0.2, -0.15) is 0 Å². The Labute approximate surface area is 195 Å². The summed E-state index contributed by atoms with van der Waals surface area (Å²) in [5.74, 6) is -0.932. The lowest BCUT2D eigenvalue weighted by molar-refractivity contribution is -0.139. The molecular weight excluding hydrogens is 530 g/mol. The van der Waals surface area contributed by atoms with Crippen molar-refractivity contribution in [2.45, 2.75) is 19.9 Å². The number of aromatic nitrogens is 1. The van der Waals surface area contributed by atoms with Gasteiger partial charge < -0.3 is 4.74 Å². The first-order valence-electron chi connectivity index (χ1n) is 9.59. The number of thiazole rings is 1. The van der Waals surface area contributed by atoms with Crippen LogP contribution in [0.15, 0.2) is 69.6 Å². The lowest BCUT2D eigenvalue weighted by Gasteiger charge is -2.24. The molecule has 1 aliphatic heterocycles. The van der Waals surface area contributed by atoms with Gasteiger partial charge >= 0.3 is 5.97 Å². The molecule has 0 spiro atoms. The zero-order chi connectivity index (χ0) is 22.1. The summed E-state index contributed by atoms with van der Waals surface area (Å²) in [4.78, 5) is 31.2. The summed E-state index contributed by atoms with van der Waals surface area (Å²) in [6.07, 6.45) is 1.82. The number of carbonyl (C=O) groups excluding carboxylic acids is 1. The van der Waals surface area contributed by atoms with Crippen LogP contribution in [-0.4, -0.2) is 17.1 Å². The molecule has 31 heavy (non-hydrogen) atoms. The molecule has 0 radical (unpaired) electrons. The number of halogens is 2. The Bertz CT molecular complexity index is 1370. The number of rotatable bonds is 4. The summed E-state index contributed by atoms with van der Waals surface area (Å²) in [5.41, 5.74) is 2.01. The molecule has 1 aromatic heterocycles. The van der Waals surface area contributed by atoms with Crippen LogP contribution in [0.5, 0.6) is 0 Å². The minimum atomic E-state index is -0.742.